The number of rotatable bonds is 4. The number of anilines is 2. The summed E-state index contributed by atoms with van der Waals surface area (Å²) in [6.07, 6.45) is 3.86. The van der Waals surface area contributed by atoms with Crippen LogP contribution in [0.1, 0.15) is 41.4 Å². The van der Waals surface area contributed by atoms with Crippen LogP contribution >= 0.6 is 11.3 Å². The minimum Gasteiger partial charge on any atom is -0.397 e. The summed E-state index contributed by atoms with van der Waals surface area (Å²) < 4.78 is 0. The number of thiophene rings is 1. The fourth-order valence-corrected chi connectivity index (χ4v) is 3.85. The molecule has 0 aromatic carbocycles. The van der Waals surface area contributed by atoms with Crippen molar-refractivity contribution in [3.05, 3.63) is 16.5 Å². The summed E-state index contributed by atoms with van der Waals surface area (Å²) in [5.41, 5.74) is 7.80. The Labute approximate surface area is 133 Å². The third-order valence-electron chi connectivity index (χ3n) is 4.07. The molecule has 1 saturated heterocycles. The molecule has 1 aliphatic heterocycles. The molecule has 3 rings (SSSR count). The average molecular weight is 317 g/mol. The number of carbonyl (C=O) groups excluding carboxylic acids is 2. The van der Waals surface area contributed by atoms with Gasteiger partial charge in [-0.05, 0) is 18.1 Å². The molecule has 3 heterocycles. The highest BCUT2D eigenvalue weighted by Crippen LogP contribution is 2.36. The summed E-state index contributed by atoms with van der Waals surface area (Å²) in [4.78, 5) is 30.8. The van der Waals surface area contributed by atoms with Crippen LogP contribution in [0, 0.1) is 0 Å². The van der Waals surface area contributed by atoms with Gasteiger partial charge in [0, 0.05) is 31.3 Å². The Hall–Kier alpha value is -1.95. The minimum absolute atomic E-state index is 0.315. The van der Waals surface area contributed by atoms with E-state index in [1.54, 1.807) is 0 Å². The quantitative estimate of drug-likeness (QED) is 0.878. The van der Waals surface area contributed by atoms with E-state index in [0.29, 0.717) is 42.3 Å². The molecule has 5 nitrogen and oxygen atoms in total. The lowest BCUT2D eigenvalue weighted by Crippen LogP contribution is -2.34. The number of nitrogens with zero attached hydrogens (tertiary/aromatic N) is 2. The van der Waals surface area contributed by atoms with Crippen LogP contribution in [-0.4, -0.2) is 30.1 Å². The number of aryl methyl sites for hydroxylation is 1. The van der Waals surface area contributed by atoms with E-state index < -0.39 is 0 Å². The zero-order chi connectivity index (χ0) is 15.7. The predicted octanol–water partition coefficient (Wildman–Crippen LogP) is 2.81. The number of hydrogen-bond donors (Lipinski definition) is 1. The van der Waals surface area contributed by atoms with Crippen molar-refractivity contribution in [2.24, 2.45) is 0 Å². The molecular formula is C16H19N3O2S. The van der Waals surface area contributed by atoms with Crippen molar-refractivity contribution in [1.29, 1.82) is 0 Å². The zero-order valence-electron chi connectivity index (χ0n) is 12.6. The second-order valence-corrected chi connectivity index (χ2v) is 6.62. The van der Waals surface area contributed by atoms with Crippen molar-refractivity contribution in [2.45, 2.75) is 32.6 Å². The Kier molecular flexibility index (Phi) is 4.11. The van der Waals surface area contributed by atoms with Gasteiger partial charge in [-0.25, -0.2) is 4.98 Å². The van der Waals surface area contributed by atoms with Crippen LogP contribution in [0.5, 0.6) is 0 Å². The fraction of sp³-hybridized carbons (Fsp3) is 0.438. The second-order valence-electron chi connectivity index (χ2n) is 5.59. The molecule has 1 aliphatic rings. The van der Waals surface area contributed by atoms with Gasteiger partial charge in [-0.2, -0.15) is 0 Å². The maximum absolute atomic E-state index is 11.4. The minimum atomic E-state index is 0.315. The molecule has 0 spiro atoms. The summed E-state index contributed by atoms with van der Waals surface area (Å²) >= 11 is 1.34. The van der Waals surface area contributed by atoms with Gasteiger partial charge in [0.2, 0.25) is 0 Å². The van der Waals surface area contributed by atoms with Gasteiger partial charge in [-0.15, -0.1) is 11.3 Å². The number of aldehydes is 1. The zero-order valence-corrected chi connectivity index (χ0v) is 13.4. The van der Waals surface area contributed by atoms with Gasteiger partial charge in [0.15, 0.2) is 6.29 Å². The number of Topliss-reactive ketones (excluding diaryl/α,β-unsaturated/α-hetero) is 1. The van der Waals surface area contributed by atoms with Crippen LogP contribution in [0.4, 0.5) is 11.5 Å². The predicted molar refractivity (Wildman–Crippen MR) is 89.9 cm³/mol. The summed E-state index contributed by atoms with van der Waals surface area (Å²) in [5.74, 6) is 1.21. The number of fused-ring (bicyclic) bond motifs is 1. The fourth-order valence-electron chi connectivity index (χ4n) is 2.90. The van der Waals surface area contributed by atoms with E-state index in [-0.39, 0.29) is 0 Å². The highest BCUT2D eigenvalue weighted by atomic mass is 32.1. The molecule has 6 heteroatoms. The Morgan fingerprint density at radius 3 is 2.77 bits per heavy atom. The highest BCUT2D eigenvalue weighted by Gasteiger charge is 2.21. The number of nitrogen functional groups attached to an aromatic ring is 1. The Balaban J connectivity index is 2.08. The van der Waals surface area contributed by atoms with Crippen LogP contribution in [0.3, 0.4) is 0 Å². The molecule has 2 aromatic heterocycles. The first kappa shape index (κ1) is 15.0. The first-order chi connectivity index (χ1) is 10.6. The first-order valence-corrected chi connectivity index (χ1v) is 8.39. The summed E-state index contributed by atoms with van der Waals surface area (Å²) in [5, 5.41) is 0.922. The van der Waals surface area contributed by atoms with Crippen molar-refractivity contribution in [2.75, 3.05) is 23.7 Å². The maximum atomic E-state index is 11.4. The molecule has 2 N–H and O–H groups in total. The van der Waals surface area contributed by atoms with E-state index in [1.165, 1.54) is 11.3 Å². The normalized spacial score (nSPS) is 15.5. The molecule has 0 bridgehead atoms. The molecular weight excluding hydrogens is 298 g/mol. The van der Waals surface area contributed by atoms with E-state index >= 15 is 0 Å². The van der Waals surface area contributed by atoms with Crippen LogP contribution in [-0.2, 0) is 11.2 Å². The van der Waals surface area contributed by atoms with Crippen molar-refractivity contribution in [3.8, 4) is 0 Å². The number of carbonyl (C=O) groups is 2. The maximum Gasteiger partial charge on any atom is 0.162 e. The second kappa shape index (κ2) is 6.04. The van der Waals surface area contributed by atoms with Crippen molar-refractivity contribution >= 4 is 45.1 Å². The van der Waals surface area contributed by atoms with Gasteiger partial charge in [-0.1, -0.05) is 13.3 Å². The average Bonchev–Trinajstić information content (AvgIpc) is 2.85. The van der Waals surface area contributed by atoms with Gasteiger partial charge in [-0.3, -0.25) is 9.59 Å². The van der Waals surface area contributed by atoms with Gasteiger partial charge in [0.1, 0.15) is 16.4 Å². The molecule has 0 unspecified atom stereocenters. The molecule has 0 saturated carbocycles. The third kappa shape index (κ3) is 2.59. The highest BCUT2D eigenvalue weighted by molar-refractivity contribution is 7.20. The SMILES string of the molecule is CCCc1cc(N2CCC(=O)CC2)nc2sc(C=O)c(N)c12. The molecule has 0 aliphatic carbocycles. The molecule has 1 fully saturated rings. The van der Waals surface area contributed by atoms with Gasteiger partial charge in [0.05, 0.1) is 10.6 Å². The molecule has 0 radical (unpaired) electrons. The van der Waals surface area contributed by atoms with E-state index in [2.05, 4.69) is 17.9 Å². The van der Waals surface area contributed by atoms with E-state index in [0.717, 1.165) is 40.7 Å². The first-order valence-electron chi connectivity index (χ1n) is 7.57. The monoisotopic (exact) mass is 317 g/mol. The number of piperidine rings is 1. The third-order valence-corrected chi connectivity index (χ3v) is 5.09. The Morgan fingerprint density at radius 2 is 2.14 bits per heavy atom. The Bertz CT molecular complexity index is 729. The molecule has 2 aromatic rings. The summed E-state index contributed by atoms with van der Waals surface area (Å²) in [6.45, 7) is 3.54. The number of hydrogen-bond acceptors (Lipinski definition) is 6. The molecule has 0 atom stereocenters. The number of ketones is 1. The lowest BCUT2D eigenvalue weighted by atomic mass is 10.1. The van der Waals surface area contributed by atoms with E-state index in [4.69, 9.17) is 10.7 Å². The topological polar surface area (TPSA) is 76.3 Å². The molecule has 22 heavy (non-hydrogen) atoms. The molecule has 0 amide bonds. The van der Waals surface area contributed by atoms with Crippen LogP contribution in [0.2, 0.25) is 0 Å². The van der Waals surface area contributed by atoms with Crippen molar-refractivity contribution in [1.82, 2.24) is 4.98 Å². The summed E-state index contributed by atoms with van der Waals surface area (Å²) in [7, 11) is 0. The summed E-state index contributed by atoms with van der Waals surface area (Å²) in [6, 6.07) is 2.07. The van der Waals surface area contributed by atoms with Crippen molar-refractivity contribution in [3.63, 3.8) is 0 Å². The number of aromatic nitrogens is 1. The lowest BCUT2D eigenvalue weighted by Gasteiger charge is -2.27. The standard InChI is InChI=1S/C16H19N3O2S/c1-2-3-10-8-13(19-6-4-11(21)5-7-19)18-16-14(10)15(17)12(9-20)22-16/h8-9H,2-7,17H2,1H3. The van der Waals surface area contributed by atoms with Crippen LogP contribution in [0.15, 0.2) is 6.07 Å². The van der Waals surface area contributed by atoms with Gasteiger partial charge in [0.25, 0.3) is 0 Å². The van der Waals surface area contributed by atoms with Crippen LogP contribution in [0.25, 0.3) is 10.2 Å². The Morgan fingerprint density at radius 1 is 1.41 bits per heavy atom. The van der Waals surface area contributed by atoms with Gasteiger partial charge < -0.3 is 10.6 Å². The van der Waals surface area contributed by atoms with E-state index in [1.807, 2.05) is 0 Å². The van der Waals surface area contributed by atoms with Crippen molar-refractivity contribution < 1.29 is 9.59 Å². The van der Waals surface area contributed by atoms with Gasteiger partial charge >= 0.3 is 0 Å². The smallest absolute Gasteiger partial charge is 0.162 e. The number of pyridine rings is 1. The largest absolute Gasteiger partial charge is 0.397 e. The van der Waals surface area contributed by atoms with Crippen LogP contribution < -0.4 is 10.6 Å². The molecule has 116 valence electrons. The van der Waals surface area contributed by atoms with E-state index in [9.17, 15) is 9.59 Å². The lowest BCUT2D eigenvalue weighted by molar-refractivity contribution is -0.119. The number of nitrogens with two attached hydrogens (primary N) is 1.